The number of rotatable bonds is 6. The Morgan fingerprint density at radius 1 is 1.10 bits per heavy atom. The number of carbonyl (C=O) groups excluding carboxylic acids is 1. The van der Waals surface area contributed by atoms with E-state index in [9.17, 15) is 4.79 Å². The normalized spacial score (nSPS) is 17.6. The second kappa shape index (κ2) is 8.56. The van der Waals surface area contributed by atoms with Gasteiger partial charge in [0.25, 0.3) is 5.79 Å². The topological polar surface area (TPSA) is 68.8 Å². The number of ether oxygens (including phenoxy) is 3. The zero-order valence-corrected chi connectivity index (χ0v) is 17.9. The average Bonchev–Trinajstić information content (AvgIpc) is 3.08. The molecule has 2 aromatic carbocycles. The summed E-state index contributed by atoms with van der Waals surface area (Å²) in [5.41, 5.74) is 2.89. The molecule has 160 valence electrons. The van der Waals surface area contributed by atoms with Gasteiger partial charge in [0.2, 0.25) is 5.91 Å². The second-order valence-electron chi connectivity index (χ2n) is 8.23. The van der Waals surface area contributed by atoms with E-state index in [2.05, 4.69) is 16.7 Å². The second-order valence-corrected chi connectivity index (χ2v) is 8.23. The summed E-state index contributed by atoms with van der Waals surface area (Å²) >= 11 is 0. The third-order valence-electron chi connectivity index (χ3n) is 5.86. The van der Waals surface area contributed by atoms with Crippen LogP contribution < -0.4 is 24.8 Å². The molecule has 1 aliphatic carbocycles. The van der Waals surface area contributed by atoms with Crippen LogP contribution in [0.5, 0.6) is 17.2 Å². The van der Waals surface area contributed by atoms with Gasteiger partial charge in [-0.25, -0.2) is 0 Å². The van der Waals surface area contributed by atoms with Crippen molar-refractivity contribution in [3.63, 3.8) is 0 Å². The number of carbonyl (C=O) groups is 1. The third-order valence-corrected chi connectivity index (χ3v) is 5.86. The molecule has 0 unspecified atom stereocenters. The van der Waals surface area contributed by atoms with Gasteiger partial charge in [-0.1, -0.05) is 24.1 Å². The maximum Gasteiger partial charge on any atom is 0.251 e. The number of benzene rings is 2. The number of hydrogen-bond acceptors (Lipinski definition) is 5. The van der Waals surface area contributed by atoms with Crippen molar-refractivity contribution in [1.29, 1.82) is 0 Å². The Labute approximate surface area is 177 Å². The molecule has 2 aromatic rings. The zero-order valence-electron chi connectivity index (χ0n) is 17.9. The molecule has 2 aliphatic rings. The van der Waals surface area contributed by atoms with Crippen LogP contribution in [0.3, 0.4) is 0 Å². The molecule has 1 atom stereocenters. The van der Waals surface area contributed by atoms with Crippen LogP contribution in [0.15, 0.2) is 36.4 Å². The molecule has 0 saturated heterocycles. The van der Waals surface area contributed by atoms with Crippen molar-refractivity contribution in [2.45, 2.75) is 57.8 Å². The zero-order chi connectivity index (χ0) is 21.1. The summed E-state index contributed by atoms with van der Waals surface area (Å²) in [6.07, 6.45) is 5.29. The summed E-state index contributed by atoms with van der Waals surface area (Å²) in [7, 11) is 1.66. The largest absolute Gasteiger partial charge is 0.496 e. The van der Waals surface area contributed by atoms with Crippen LogP contribution >= 0.6 is 0 Å². The molecule has 1 spiro atoms. The molecule has 1 fully saturated rings. The van der Waals surface area contributed by atoms with Gasteiger partial charge in [0, 0.05) is 36.2 Å². The number of amides is 1. The number of hydrogen-bond donors (Lipinski definition) is 2. The lowest BCUT2D eigenvalue weighted by Crippen LogP contribution is -2.40. The Kier molecular flexibility index (Phi) is 5.86. The number of anilines is 1. The van der Waals surface area contributed by atoms with E-state index in [1.165, 1.54) is 6.42 Å². The highest BCUT2D eigenvalue weighted by molar-refractivity contribution is 5.92. The molecule has 1 aliphatic heterocycles. The van der Waals surface area contributed by atoms with E-state index in [-0.39, 0.29) is 18.5 Å². The maximum absolute atomic E-state index is 12.5. The fraction of sp³-hybridized carbons (Fsp3) is 0.458. The van der Waals surface area contributed by atoms with Gasteiger partial charge in [0.15, 0.2) is 11.5 Å². The summed E-state index contributed by atoms with van der Waals surface area (Å²) in [6.45, 7) is 4.25. The van der Waals surface area contributed by atoms with Gasteiger partial charge < -0.3 is 24.8 Å². The highest BCUT2D eigenvalue weighted by Crippen LogP contribution is 2.46. The van der Waals surface area contributed by atoms with E-state index < -0.39 is 5.79 Å². The summed E-state index contributed by atoms with van der Waals surface area (Å²) < 4.78 is 17.7. The summed E-state index contributed by atoms with van der Waals surface area (Å²) in [4.78, 5) is 12.5. The lowest BCUT2D eigenvalue weighted by atomic mass is 9.94. The Hall–Kier alpha value is -2.73. The van der Waals surface area contributed by atoms with E-state index >= 15 is 0 Å². The van der Waals surface area contributed by atoms with Gasteiger partial charge in [-0.05, 0) is 44.9 Å². The molecule has 6 heteroatoms. The minimum absolute atomic E-state index is 0.0199. The Bertz CT molecular complexity index is 921. The highest BCUT2D eigenvalue weighted by atomic mass is 16.7. The molecular weight excluding hydrogens is 380 g/mol. The van der Waals surface area contributed by atoms with Crippen molar-refractivity contribution < 1.29 is 19.0 Å². The van der Waals surface area contributed by atoms with Crippen LogP contribution in [-0.2, 0) is 4.79 Å². The minimum Gasteiger partial charge on any atom is -0.496 e. The van der Waals surface area contributed by atoms with E-state index in [4.69, 9.17) is 14.2 Å². The third kappa shape index (κ3) is 4.38. The van der Waals surface area contributed by atoms with Crippen LogP contribution in [0.25, 0.3) is 0 Å². The molecule has 1 saturated carbocycles. The van der Waals surface area contributed by atoms with Crippen LogP contribution in [0.1, 0.15) is 56.2 Å². The van der Waals surface area contributed by atoms with Crippen LogP contribution in [0.2, 0.25) is 0 Å². The fourth-order valence-electron chi connectivity index (χ4n) is 4.22. The molecule has 0 bridgehead atoms. The SMILES string of the molecule is COc1ccc(C)cc1[C@@H](C)NCC(=O)Nc1ccc2c(c1)OC1(CCCCC1)O2. The molecule has 1 amide bonds. The monoisotopic (exact) mass is 410 g/mol. The summed E-state index contributed by atoms with van der Waals surface area (Å²) in [5.74, 6) is 1.66. The lowest BCUT2D eigenvalue weighted by Gasteiger charge is -2.31. The van der Waals surface area contributed by atoms with Gasteiger partial charge >= 0.3 is 0 Å². The Morgan fingerprint density at radius 3 is 2.63 bits per heavy atom. The molecule has 0 radical (unpaired) electrons. The number of fused-ring (bicyclic) bond motifs is 1. The quantitative estimate of drug-likeness (QED) is 0.721. The first kappa shape index (κ1) is 20.5. The van der Waals surface area contributed by atoms with Gasteiger partial charge in [-0.2, -0.15) is 0 Å². The standard InChI is InChI=1S/C24H30N2O4/c1-16-7-9-20(28-3)19(13-16)17(2)25-15-23(27)26-18-8-10-21-22(14-18)30-24(29-21)11-5-4-6-12-24/h7-10,13-14,17,25H,4-6,11-12,15H2,1-3H3,(H,26,27)/t17-/m1/s1. The predicted octanol–water partition coefficient (Wildman–Crippen LogP) is 4.72. The number of nitrogens with one attached hydrogen (secondary N) is 2. The van der Waals surface area contributed by atoms with Gasteiger partial charge in [0.05, 0.1) is 13.7 Å². The predicted molar refractivity (Wildman–Crippen MR) is 116 cm³/mol. The van der Waals surface area contributed by atoms with Crippen LogP contribution in [0, 0.1) is 6.92 Å². The lowest BCUT2D eigenvalue weighted by molar-refractivity contribution is -0.115. The Balaban J connectivity index is 1.34. The maximum atomic E-state index is 12.5. The van der Waals surface area contributed by atoms with Crippen molar-refractivity contribution in [3.05, 3.63) is 47.5 Å². The van der Waals surface area contributed by atoms with Gasteiger partial charge in [-0.3, -0.25) is 4.79 Å². The molecule has 30 heavy (non-hydrogen) atoms. The van der Waals surface area contributed by atoms with Crippen molar-refractivity contribution in [2.75, 3.05) is 19.0 Å². The molecular formula is C24H30N2O4. The molecule has 0 aromatic heterocycles. The fourth-order valence-corrected chi connectivity index (χ4v) is 4.22. The first-order valence-electron chi connectivity index (χ1n) is 10.7. The summed E-state index contributed by atoms with van der Waals surface area (Å²) in [6, 6.07) is 11.6. The number of methoxy groups -OCH3 is 1. The highest BCUT2D eigenvalue weighted by Gasteiger charge is 2.42. The van der Waals surface area contributed by atoms with Crippen molar-refractivity contribution in [1.82, 2.24) is 5.32 Å². The van der Waals surface area contributed by atoms with Crippen LogP contribution in [0.4, 0.5) is 5.69 Å². The van der Waals surface area contributed by atoms with Crippen molar-refractivity contribution in [3.8, 4) is 17.2 Å². The Morgan fingerprint density at radius 2 is 1.87 bits per heavy atom. The molecule has 4 rings (SSSR count). The van der Waals surface area contributed by atoms with Gasteiger partial charge in [0.1, 0.15) is 5.75 Å². The van der Waals surface area contributed by atoms with E-state index in [0.29, 0.717) is 11.4 Å². The van der Waals surface area contributed by atoms with E-state index in [1.807, 2.05) is 44.2 Å². The molecule has 1 heterocycles. The smallest absolute Gasteiger partial charge is 0.251 e. The van der Waals surface area contributed by atoms with E-state index in [1.54, 1.807) is 7.11 Å². The number of aryl methyl sites for hydroxylation is 1. The van der Waals surface area contributed by atoms with Crippen LogP contribution in [-0.4, -0.2) is 25.3 Å². The van der Waals surface area contributed by atoms with E-state index in [0.717, 1.165) is 48.3 Å². The van der Waals surface area contributed by atoms with Gasteiger partial charge in [-0.15, -0.1) is 0 Å². The molecule has 2 N–H and O–H groups in total. The summed E-state index contributed by atoms with van der Waals surface area (Å²) in [5, 5.41) is 6.21. The first-order valence-corrected chi connectivity index (χ1v) is 10.7. The van der Waals surface area contributed by atoms with Crippen molar-refractivity contribution >= 4 is 11.6 Å². The molecule has 6 nitrogen and oxygen atoms in total. The average molecular weight is 411 g/mol. The first-order chi connectivity index (χ1) is 14.5. The van der Waals surface area contributed by atoms with Crippen molar-refractivity contribution in [2.24, 2.45) is 0 Å². The minimum atomic E-state index is -0.507.